The Labute approximate surface area is 117 Å². The number of ether oxygens (including phenoxy) is 1. The summed E-state index contributed by atoms with van der Waals surface area (Å²) in [5.74, 6) is -2.52. The molecule has 1 unspecified atom stereocenters. The predicted molar refractivity (Wildman–Crippen MR) is 69.8 cm³/mol. The first-order chi connectivity index (χ1) is 9.49. The zero-order chi connectivity index (χ0) is 15.0. The van der Waals surface area contributed by atoms with Crippen LogP contribution in [-0.2, 0) is 19.1 Å². The topological polar surface area (TPSA) is 131 Å². The molecule has 0 saturated carbocycles. The first-order valence-corrected chi connectivity index (χ1v) is 6.62. The molecule has 0 aromatic carbocycles. The minimum absolute atomic E-state index is 0.0620. The highest BCUT2D eigenvalue weighted by atomic mass is 16.5. The maximum atomic E-state index is 11.6. The van der Waals surface area contributed by atoms with Gasteiger partial charge in [0.1, 0.15) is 6.04 Å². The molecular weight excluding hydrogens is 266 g/mol. The molecule has 8 nitrogen and oxygen atoms in total. The second kappa shape index (κ2) is 8.49. The Hall–Kier alpha value is -1.67. The van der Waals surface area contributed by atoms with Gasteiger partial charge in [-0.25, -0.2) is 4.79 Å². The molecule has 8 heteroatoms. The van der Waals surface area contributed by atoms with Crippen molar-refractivity contribution < 1.29 is 24.2 Å². The average Bonchev–Trinajstić information content (AvgIpc) is 2.38. The first kappa shape index (κ1) is 16.4. The van der Waals surface area contributed by atoms with Crippen LogP contribution in [0.5, 0.6) is 0 Å². The van der Waals surface area contributed by atoms with Gasteiger partial charge in [-0.05, 0) is 25.9 Å². The number of hydrogen-bond acceptors (Lipinski definition) is 5. The zero-order valence-corrected chi connectivity index (χ0v) is 11.3. The van der Waals surface area contributed by atoms with Crippen LogP contribution >= 0.6 is 0 Å². The number of carbonyl (C=O) groups excluding carboxylic acids is 2. The molecule has 0 radical (unpaired) electrons. The number of primary amides is 1. The number of carboxylic acid groups (broad SMARTS) is 1. The fourth-order valence-corrected chi connectivity index (χ4v) is 1.95. The monoisotopic (exact) mass is 287 g/mol. The minimum atomic E-state index is -1.28. The molecule has 0 spiro atoms. The fourth-order valence-electron chi connectivity index (χ4n) is 1.95. The standard InChI is InChI=1S/C12H21N3O5/c13-10(16)7-9(12(18)19)15-11(17)3-6-20-8-1-4-14-5-2-8/h8-9,14H,1-7H2,(H2,13,16)(H,15,17)(H,18,19). The summed E-state index contributed by atoms with van der Waals surface area (Å²) in [6, 6.07) is -1.28. The van der Waals surface area contributed by atoms with E-state index in [4.69, 9.17) is 15.6 Å². The lowest BCUT2D eigenvalue weighted by molar-refractivity contribution is -0.143. The highest BCUT2D eigenvalue weighted by Gasteiger charge is 2.22. The van der Waals surface area contributed by atoms with Crippen LogP contribution < -0.4 is 16.4 Å². The smallest absolute Gasteiger partial charge is 0.326 e. The number of rotatable bonds is 8. The molecule has 2 amide bonds. The number of carboxylic acids is 1. The molecule has 20 heavy (non-hydrogen) atoms. The summed E-state index contributed by atoms with van der Waals surface area (Å²) in [6.45, 7) is 2.03. The molecule has 1 heterocycles. The Morgan fingerprint density at radius 3 is 2.55 bits per heavy atom. The molecular formula is C12H21N3O5. The van der Waals surface area contributed by atoms with Gasteiger partial charge in [0.05, 0.1) is 19.1 Å². The van der Waals surface area contributed by atoms with Crippen molar-refractivity contribution in [2.75, 3.05) is 19.7 Å². The van der Waals surface area contributed by atoms with Gasteiger partial charge in [-0.3, -0.25) is 9.59 Å². The van der Waals surface area contributed by atoms with E-state index in [1.807, 2.05) is 0 Å². The number of nitrogens with one attached hydrogen (secondary N) is 2. The van der Waals surface area contributed by atoms with Crippen LogP contribution in [-0.4, -0.2) is 54.7 Å². The minimum Gasteiger partial charge on any atom is -0.480 e. The van der Waals surface area contributed by atoms with Gasteiger partial charge in [0.25, 0.3) is 0 Å². The van der Waals surface area contributed by atoms with Gasteiger partial charge >= 0.3 is 5.97 Å². The summed E-state index contributed by atoms with van der Waals surface area (Å²) >= 11 is 0. The summed E-state index contributed by atoms with van der Waals surface area (Å²) in [7, 11) is 0. The van der Waals surface area contributed by atoms with Crippen LogP contribution in [0.25, 0.3) is 0 Å². The molecule has 1 aliphatic rings. The molecule has 0 aromatic rings. The molecule has 1 saturated heterocycles. The maximum absolute atomic E-state index is 11.6. The van der Waals surface area contributed by atoms with Crippen molar-refractivity contribution in [3.8, 4) is 0 Å². The number of aliphatic carboxylic acids is 1. The number of carbonyl (C=O) groups is 3. The number of amides is 2. The van der Waals surface area contributed by atoms with Crippen molar-refractivity contribution in [1.29, 1.82) is 0 Å². The number of piperidine rings is 1. The van der Waals surface area contributed by atoms with E-state index in [0.29, 0.717) is 0 Å². The Bertz CT molecular complexity index is 355. The third-order valence-corrected chi connectivity index (χ3v) is 3.01. The number of nitrogens with two attached hydrogens (primary N) is 1. The maximum Gasteiger partial charge on any atom is 0.326 e. The zero-order valence-electron chi connectivity index (χ0n) is 11.3. The summed E-state index contributed by atoms with van der Waals surface area (Å²) in [4.78, 5) is 33.1. The molecule has 1 rings (SSSR count). The quantitative estimate of drug-likeness (QED) is 0.434. The van der Waals surface area contributed by atoms with Crippen molar-refractivity contribution in [1.82, 2.24) is 10.6 Å². The lowest BCUT2D eigenvalue weighted by atomic mass is 10.1. The molecule has 0 aliphatic carbocycles. The SMILES string of the molecule is NC(=O)CC(NC(=O)CCOC1CCNCC1)C(=O)O. The van der Waals surface area contributed by atoms with Crippen molar-refractivity contribution >= 4 is 17.8 Å². The van der Waals surface area contributed by atoms with Crippen molar-refractivity contribution in [3.63, 3.8) is 0 Å². The average molecular weight is 287 g/mol. The van der Waals surface area contributed by atoms with E-state index in [9.17, 15) is 14.4 Å². The van der Waals surface area contributed by atoms with Crippen molar-refractivity contribution in [2.24, 2.45) is 5.73 Å². The molecule has 1 aliphatic heterocycles. The van der Waals surface area contributed by atoms with Gasteiger partial charge < -0.3 is 26.2 Å². The van der Waals surface area contributed by atoms with E-state index in [1.54, 1.807) is 0 Å². The summed E-state index contributed by atoms with van der Waals surface area (Å²) in [5.41, 5.74) is 4.92. The molecule has 1 fully saturated rings. The second-order valence-electron chi connectivity index (χ2n) is 4.70. The van der Waals surface area contributed by atoms with Gasteiger partial charge in [0.2, 0.25) is 11.8 Å². The van der Waals surface area contributed by atoms with Crippen LogP contribution in [0.15, 0.2) is 0 Å². The lowest BCUT2D eigenvalue weighted by Crippen LogP contribution is -2.43. The highest BCUT2D eigenvalue weighted by Crippen LogP contribution is 2.07. The summed E-state index contributed by atoms with van der Waals surface area (Å²) < 4.78 is 5.54. The van der Waals surface area contributed by atoms with Crippen LogP contribution in [0.1, 0.15) is 25.7 Å². The second-order valence-corrected chi connectivity index (χ2v) is 4.70. The molecule has 1 atom stereocenters. The van der Waals surface area contributed by atoms with Gasteiger partial charge in [-0.1, -0.05) is 0 Å². The predicted octanol–water partition coefficient (Wildman–Crippen LogP) is -1.41. The van der Waals surface area contributed by atoms with Gasteiger partial charge in [0, 0.05) is 6.42 Å². The summed E-state index contributed by atoms with van der Waals surface area (Å²) in [5, 5.41) is 14.3. The van der Waals surface area contributed by atoms with E-state index >= 15 is 0 Å². The molecule has 5 N–H and O–H groups in total. The van der Waals surface area contributed by atoms with Crippen LogP contribution in [0.2, 0.25) is 0 Å². The van der Waals surface area contributed by atoms with Crippen molar-refractivity contribution in [3.05, 3.63) is 0 Å². The Kier molecular flexibility index (Phi) is 6.96. The van der Waals surface area contributed by atoms with Gasteiger partial charge in [-0.2, -0.15) is 0 Å². The Morgan fingerprint density at radius 1 is 1.35 bits per heavy atom. The van der Waals surface area contributed by atoms with E-state index in [2.05, 4.69) is 10.6 Å². The summed E-state index contributed by atoms with van der Waals surface area (Å²) in [6.07, 6.45) is 1.59. The molecule has 114 valence electrons. The van der Waals surface area contributed by atoms with E-state index in [1.165, 1.54) is 0 Å². The normalized spacial score (nSPS) is 17.4. The molecule has 0 bridgehead atoms. The largest absolute Gasteiger partial charge is 0.480 e. The third kappa shape index (κ3) is 6.48. The third-order valence-electron chi connectivity index (χ3n) is 3.01. The lowest BCUT2D eigenvalue weighted by Gasteiger charge is -2.22. The van der Waals surface area contributed by atoms with Crippen LogP contribution in [0.4, 0.5) is 0 Å². The molecule has 0 aromatic heterocycles. The van der Waals surface area contributed by atoms with Crippen LogP contribution in [0, 0.1) is 0 Å². The van der Waals surface area contributed by atoms with E-state index < -0.39 is 30.2 Å². The van der Waals surface area contributed by atoms with Gasteiger partial charge in [-0.15, -0.1) is 0 Å². The van der Waals surface area contributed by atoms with E-state index in [-0.39, 0.29) is 19.1 Å². The Balaban J connectivity index is 2.23. The van der Waals surface area contributed by atoms with E-state index in [0.717, 1.165) is 25.9 Å². The van der Waals surface area contributed by atoms with Crippen molar-refractivity contribution in [2.45, 2.75) is 37.8 Å². The van der Waals surface area contributed by atoms with Crippen LogP contribution in [0.3, 0.4) is 0 Å². The Morgan fingerprint density at radius 2 is 2.00 bits per heavy atom. The highest BCUT2D eigenvalue weighted by molar-refractivity contribution is 5.88. The first-order valence-electron chi connectivity index (χ1n) is 6.62. The number of hydrogen-bond donors (Lipinski definition) is 4. The fraction of sp³-hybridized carbons (Fsp3) is 0.750. The van der Waals surface area contributed by atoms with Gasteiger partial charge in [0.15, 0.2) is 0 Å².